The molecule has 2 rings (SSSR count). The van der Waals surface area contributed by atoms with Crippen LogP contribution in [-0.4, -0.2) is 73.4 Å². The van der Waals surface area contributed by atoms with Gasteiger partial charge in [-0.15, -0.1) is 0 Å². The molecule has 2 heterocycles. The first-order valence-corrected chi connectivity index (χ1v) is 8.37. The number of nitrogens with one attached hydrogen (secondary N) is 1. The van der Waals surface area contributed by atoms with Gasteiger partial charge in [0.05, 0.1) is 6.10 Å². The van der Waals surface area contributed by atoms with Crippen molar-refractivity contribution in [3.63, 3.8) is 0 Å². The predicted molar refractivity (Wildman–Crippen MR) is 83.9 cm³/mol. The van der Waals surface area contributed by atoms with E-state index in [2.05, 4.69) is 36.0 Å². The van der Waals surface area contributed by atoms with Gasteiger partial charge in [0.1, 0.15) is 0 Å². The summed E-state index contributed by atoms with van der Waals surface area (Å²) < 4.78 is 0. The van der Waals surface area contributed by atoms with Crippen molar-refractivity contribution in [2.24, 2.45) is 11.8 Å². The molecule has 0 aromatic heterocycles. The summed E-state index contributed by atoms with van der Waals surface area (Å²) in [7, 11) is 2.19. The number of aliphatic hydroxyl groups excluding tert-OH is 1. The van der Waals surface area contributed by atoms with Crippen molar-refractivity contribution in [2.45, 2.75) is 45.3 Å². The van der Waals surface area contributed by atoms with Crippen LogP contribution >= 0.6 is 0 Å². The molecule has 118 valence electrons. The van der Waals surface area contributed by atoms with Crippen molar-refractivity contribution in [1.82, 2.24) is 15.1 Å². The van der Waals surface area contributed by atoms with Crippen LogP contribution in [-0.2, 0) is 0 Å². The van der Waals surface area contributed by atoms with Crippen molar-refractivity contribution in [1.29, 1.82) is 0 Å². The highest BCUT2D eigenvalue weighted by atomic mass is 16.3. The van der Waals surface area contributed by atoms with E-state index < -0.39 is 0 Å². The Hall–Kier alpha value is -0.160. The number of aliphatic hydroxyl groups is 1. The third kappa shape index (κ3) is 4.99. The van der Waals surface area contributed by atoms with Gasteiger partial charge in [0.2, 0.25) is 0 Å². The maximum Gasteiger partial charge on any atom is 0.0791 e. The van der Waals surface area contributed by atoms with Crippen LogP contribution < -0.4 is 5.32 Å². The molecule has 0 aromatic carbocycles. The second-order valence-corrected chi connectivity index (χ2v) is 7.18. The summed E-state index contributed by atoms with van der Waals surface area (Å²) in [5, 5.41) is 13.8. The van der Waals surface area contributed by atoms with Gasteiger partial charge in [0.15, 0.2) is 0 Å². The number of likely N-dealkylation sites (tertiary alicyclic amines) is 2. The third-order valence-corrected chi connectivity index (χ3v) is 5.07. The minimum Gasteiger partial charge on any atom is -0.390 e. The zero-order chi connectivity index (χ0) is 14.5. The van der Waals surface area contributed by atoms with Crippen LogP contribution in [0.2, 0.25) is 0 Å². The topological polar surface area (TPSA) is 38.7 Å². The molecule has 3 atom stereocenters. The SMILES string of the molecule is CC1CCN(CC(O)CNC2CCN(C)CC2C)CC1. The molecule has 0 aromatic rings. The molecule has 2 N–H and O–H groups in total. The monoisotopic (exact) mass is 283 g/mol. The molecule has 2 fully saturated rings. The molecule has 2 aliphatic heterocycles. The van der Waals surface area contributed by atoms with E-state index in [9.17, 15) is 5.11 Å². The number of piperidine rings is 2. The number of hydrogen-bond donors (Lipinski definition) is 2. The van der Waals surface area contributed by atoms with Crippen molar-refractivity contribution < 1.29 is 5.11 Å². The van der Waals surface area contributed by atoms with Crippen LogP contribution in [0.5, 0.6) is 0 Å². The number of nitrogens with zero attached hydrogens (tertiary/aromatic N) is 2. The second-order valence-electron chi connectivity index (χ2n) is 7.18. The van der Waals surface area contributed by atoms with Crippen molar-refractivity contribution in [3.05, 3.63) is 0 Å². The Bertz CT molecular complexity index is 279. The second kappa shape index (κ2) is 7.74. The van der Waals surface area contributed by atoms with Gasteiger partial charge in [-0.1, -0.05) is 13.8 Å². The molecule has 2 saturated heterocycles. The molecule has 0 spiro atoms. The fourth-order valence-electron chi connectivity index (χ4n) is 3.55. The molecule has 4 heteroatoms. The first kappa shape index (κ1) is 16.2. The van der Waals surface area contributed by atoms with E-state index in [4.69, 9.17) is 0 Å². The number of β-amino-alcohol motifs (C(OH)–C–C–N with tert-alkyl or cyclic N) is 1. The minimum absolute atomic E-state index is 0.227. The summed E-state index contributed by atoms with van der Waals surface area (Å²) in [6, 6.07) is 0.572. The Kier molecular flexibility index (Phi) is 6.27. The number of hydrogen-bond acceptors (Lipinski definition) is 4. The van der Waals surface area contributed by atoms with E-state index in [1.807, 2.05) is 0 Å². The van der Waals surface area contributed by atoms with Crippen LogP contribution in [0.25, 0.3) is 0 Å². The summed E-state index contributed by atoms with van der Waals surface area (Å²) in [6.45, 7) is 10.9. The molecule has 0 saturated carbocycles. The highest BCUT2D eigenvalue weighted by molar-refractivity contribution is 4.83. The van der Waals surface area contributed by atoms with Crippen LogP contribution in [0.15, 0.2) is 0 Å². The smallest absolute Gasteiger partial charge is 0.0791 e. The van der Waals surface area contributed by atoms with E-state index in [1.54, 1.807) is 0 Å². The first-order chi connectivity index (χ1) is 9.54. The highest BCUT2D eigenvalue weighted by Crippen LogP contribution is 2.17. The Morgan fingerprint density at radius 2 is 1.85 bits per heavy atom. The lowest BCUT2D eigenvalue weighted by Crippen LogP contribution is -2.50. The Morgan fingerprint density at radius 3 is 2.50 bits per heavy atom. The van der Waals surface area contributed by atoms with Gasteiger partial charge in [0, 0.05) is 25.7 Å². The predicted octanol–water partition coefficient (Wildman–Crippen LogP) is 1.01. The van der Waals surface area contributed by atoms with Gasteiger partial charge < -0.3 is 20.2 Å². The fraction of sp³-hybridized carbons (Fsp3) is 1.00. The summed E-state index contributed by atoms with van der Waals surface area (Å²) >= 11 is 0. The molecular formula is C16H33N3O. The van der Waals surface area contributed by atoms with Crippen LogP contribution in [0.4, 0.5) is 0 Å². The van der Waals surface area contributed by atoms with Gasteiger partial charge in [-0.3, -0.25) is 0 Å². The largest absolute Gasteiger partial charge is 0.390 e. The molecule has 0 radical (unpaired) electrons. The van der Waals surface area contributed by atoms with Gasteiger partial charge in [-0.2, -0.15) is 0 Å². The average Bonchev–Trinajstić information content (AvgIpc) is 2.40. The lowest BCUT2D eigenvalue weighted by atomic mass is 9.94. The van der Waals surface area contributed by atoms with E-state index in [-0.39, 0.29) is 6.10 Å². The lowest BCUT2D eigenvalue weighted by Gasteiger charge is -2.36. The molecule has 3 unspecified atom stereocenters. The highest BCUT2D eigenvalue weighted by Gasteiger charge is 2.25. The summed E-state index contributed by atoms with van der Waals surface area (Å²) in [6.07, 6.45) is 3.54. The van der Waals surface area contributed by atoms with Crippen LogP contribution in [0, 0.1) is 11.8 Å². The van der Waals surface area contributed by atoms with E-state index in [1.165, 1.54) is 25.8 Å². The van der Waals surface area contributed by atoms with Crippen LogP contribution in [0.1, 0.15) is 33.1 Å². The maximum absolute atomic E-state index is 10.2. The molecular weight excluding hydrogens is 250 g/mol. The molecule has 4 nitrogen and oxygen atoms in total. The molecule has 0 aliphatic carbocycles. The zero-order valence-electron chi connectivity index (χ0n) is 13.5. The van der Waals surface area contributed by atoms with Crippen molar-refractivity contribution >= 4 is 0 Å². The van der Waals surface area contributed by atoms with E-state index in [0.29, 0.717) is 12.0 Å². The summed E-state index contributed by atoms with van der Waals surface area (Å²) in [5.74, 6) is 1.54. The third-order valence-electron chi connectivity index (χ3n) is 5.07. The summed E-state index contributed by atoms with van der Waals surface area (Å²) in [5.41, 5.74) is 0. The maximum atomic E-state index is 10.2. The fourth-order valence-corrected chi connectivity index (χ4v) is 3.55. The van der Waals surface area contributed by atoms with Gasteiger partial charge in [-0.05, 0) is 57.8 Å². The Morgan fingerprint density at radius 1 is 1.15 bits per heavy atom. The number of rotatable bonds is 5. The van der Waals surface area contributed by atoms with E-state index in [0.717, 1.165) is 38.6 Å². The molecule has 0 bridgehead atoms. The van der Waals surface area contributed by atoms with Gasteiger partial charge >= 0.3 is 0 Å². The van der Waals surface area contributed by atoms with Gasteiger partial charge in [-0.25, -0.2) is 0 Å². The minimum atomic E-state index is -0.227. The normalized spacial score (nSPS) is 32.4. The molecule has 0 amide bonds. The Labute approximate surface area is 124 Å². The van der Waals surface area contributed by atoms with E-state index >= 15 is 0 Å². The Balaban J connectivity index is 1.63. The summed E-state index contributed by atoms with van der Waals surface area (Å²) in [4.78, 5) is 4.82. The standard InChI is InChI=1S/C16H33N3O/c1-13-4-8-19(9-5-13)12-15(20)10-17-16-6-7-18(3)11-14(16)2/h13-17,20H,4-12H2,1-3H3. The molecule has 2 aliphatic rings. The zero-order valence-corrected chi connectivity index (χ0v) is 13.5. The van der Waals surface area contributed by atoms with Crippen molar-refractivity contribution in [3.8, 4) is 0 Å². The quantitative estimate of drug-likeness (QED) is 0.790. The first-order valence-electron chi connectivity index (χ1n) is 8.37. The molecule has 20 heavy (non-hydrogen) atoms. The average molecular weight is 283 g/mol. The lowest BCUT2D eigenvalue weighted by molar-refractivity contribution is 0.0821. The van der Waals surface area contributed by atoms with Crippen LogP contribution in [0.3, 0.4) is 0 Å². The van der Waals surface area contributed by atoms with Gasteiger partial charge in [0.25, 0.3) is 0 Å². The van der Waals surface area contributed by atoms with Crippen molar-refractivity contribution in [2.75, 3.05) is 46.3 Å².